The third-order valence-corrected chi connectivity index (χ3v) is 3.69. The summed E-state index contributed by atoms with van der Waals surface area (Å²) in [6.07, 6.45) is 0.891. The number of rotatable bonds is 3. The lowest BCUT2D eigenvalue weighted by molar-refractivity contribution is 0.192. The summed E-state index contributed by atoms with van der Waals surface area (Å²) in [7, 11) is 0. The molecule has 1 fully saturated rings. The minimum absolute atomic E-state index is 0.173. The van der Waals surface area contributed by atoms with E-state index < -0.39 is 0 Å². The van der Waals surface area contributed by atoms with Gasteiger partial charge in [-0.3, -0.25) is 5.10 Å². The van der Waals surface area contributed by atoms with Gasteiger partial charge in [0.05, 0.1) is 12.3 Å². The first-order chi connectivity index (χ1) is 10.8. The molecule has 0 amide bonds. The van der Waals surface area contributed by atoms with E-state index in [9.17, 15) is 4.39 Å². The van der Waals surface area contributed by atoms with Crippen molar-refractivity contribution in [3.05, 3.63) is 42.0 Å². The first-order valence-electron chi connectivity index (χ1n) is 7.03. The van der Waals surface area contributed by atoms with E-state index in [1.54, 1.807) is 24.3 Å². The van der Waals surface area contributed by atoms with Crippen LogP contribution in [0.5, 0.6) is 0 Å². The molecule has 4 rings (SSSR count). The van der Waals surface area contributed by atoms with Gasteiger partial charge in [-0.15, -0.1) is 0 Å². The van der Waals surface area contributed by atoms with Gasteiger partial charge in [0.2, 0.25) is 0 Å². The monoisotopic (exact) mass is 300 g/mol. The minimum Gasteiger partial charge on any atom is -0.381 e. The van der Waals surface area contributed by atoms with Crippen molar-refractivity contribution in [2.45, 2.75) is 12.3 Å². The minimum atomic E-state index is -0.324. The fourth-order valence-corrected chi connectivity index (χ4v) is 2.49. The van der Waals surface area contributed by atoms with E-state index in [1.165, 1.54) is 6.07 Å². The summed E-state index contributed by atoms with van der Waals surface area (Å²) in [5.41, 5.74) is 1.49. The van der Waals surface area contributed by atoms with E-state index in [1.807, 2.05) is 0 Å². The van der Waals surface area contributed by atoms with Crippen molar-refractivity contribution in [2.24, 2.45) is 0 Å². The molecule has 0 saturated carbocycles. The van der Waals surface area contributed by atoms with Gasteiger partial charge in [0, 0.05) is 18.1 Å². The zero-order valence-electron chi connectivity index (χ0n) is 11.6. The Morgan fingerprint density at radius 1 is 1.27 bits per heavy atom. The van der Waals surface area contributed by atoms with Crippen LogP contribution in [0, 0.1) is 5.82 Å². The van der Waals surface area contributed by atoms with Crippen LogP contribution in [-0.2, 0) is 4.74 Å². The lowest BCUT2D eigenvalue weighted by Crippen LogP contribution is -1.99. The zero-order chi connectivity index (χ0) is 14.9. The van der Waals surface area contributed by atoms with Crippen molar-refractivity contribution in [2.75, 3.05) is 13.2 Å². The number of halogens is 1. The molecule has 1 unspecified atom stereocenters. The third kappa shape index (κ3) is 2.29. The van der Waals surface area contributed by atoms with E-state index >= 15 is 0 Å². The van der Waals surface area contributed by atoms with Gasteiger partial charge in [-0.1, -0.05) is 17.3 Å². The van der Waals surface area contributed by atoms with Crippen LogP contribution in [-0.4, -0.2) is 33.6 Å². The van der Waals surface area contributed by atoms with Crippen LogP contribution in [0.25, 0.3) is 22.8 Å². The molecule has 7 heteroatoms. The summed E-state index contributed by atoms with van der Waals surface area (Å²) in [5, 5.41) is 10.9. The Hall–Kier alpha value is -2.54. The molecular formula is C15H13FN4O2. The molecule has 1 saturated heterocycles. The second kappa shape index (κ2) is 5.34. The lowest BCUT2D eigenvalue weighted by atomic mass is 10.1. The highest BCUT2D eigenvalue weighted by Gasteiger charge is 2.24. The maximum Gasteiger partial charge on any atom is 0.275 e. The average Bonchev–Trinajstić information content (AvgIpc) is 3.27. The van der Waals surface area contributed by atoms with Gasteiger partial charge in [0.15, 0.2) is 5.82 Å². The summed E-state index contributed by atoms with van der Waals surface area (Å²) in [6.45, 7) is 1.33. The van der Waals surface area contributed by atoms with E-state index in [0.29, 0.717) is 35.3 Å². The standard InChI is InChI=1S/C15H13FN4O2/c16-11-4-2-1-3-10(11)12-7-13(19-18-12)15-17-14(20-22-15)9-5-6-21-8-9/h1-4,7,9H,5-6,8H2,(H,18,19). The smallest absolute Gasteiger partial charge is 0.275 e. The van der Waals surface area contributed by atoms with Crippen LogP contribution < -0.4 is 0 Å². The van der Waals surface area contributed by atoms with E-state index in [-0.39, 0.29) is 11.7 Å². The summed E-state index contributed by atoms with van der Waals surface area (Å²) in [4.78, 5) is 4.37. The molecule has 3 heterocycles. The van der Waals surface area contributed by atoms with Crippen LogP contribution in [0.4, 0.5) is 4.39 Å². The zero-order valence-corrected chi connectivity index (χ0v) is 11.6. The SMILES string of the molecule is Fc1ccccc1-c1cc(-c2nc(C3CCOC3)no2)[nH]n1. The molecule has 0 spiro atoms. The van der Waals surface area contributed by atoms with Crippen LogP contribution in [0.3, 0.4) is 0 Å². The molecule has 22 heavy (non-hydrogen) atoms. The molecule has 112 valence electrons. The predicted octanol–water partition coefficient (Wildman–Crippen LogP) is 2.77. The number of nitrogens with one attached hydrogen (secondary N) is 1. The highest BCUT2D eigenvalue weighted by Crippen LogP contribution is 2.27. The van der Waals surface area contributed by atoms with Crippen LogP contribution in [0.15, 0.2) is 34.9 Å². The van der Waals surface area contributed by atoms with Crippen molar-refractivity contribution in [1.29, 1.82) is 0 Å². The molecule has 6 nitrogen and oxygen atoms in total. The highest BCUT2D eigenvalue weighted by molar-refractivity contribution is 5.64. The molecule has 1 atom stereocenters. The van der Waals surface area contributed by atoms with Gasteiger partial charge in [-0.2, -0.15) is 10.1 Å². The molecule has 0 radical (unpaired) electrons. The molecule has 1 aliphatic heterocycles. The number of H-pyrrole nitrogens is 1. The van der Waals surface area contributed by atoms with Gasteiger partial charge >= 0.3 is 0 Å². The second-order valence-corrected chi connectivity index (χ2v) is 5.16. The van der Waals surface area contributed by atoms with Crippen molar-refractivity contribution in [1.82, 2.24) is 20.3 Å². The number of ether oxygens (including phenoxy) is 1. The van der Waals surface area contributed by atoms with Crippen LogP contribution >= 0.6 is 0 Å². The highest BCUT2D eigenvalue weighted by atomic mass is 19.1. The number of nitrogens with zero attached hydrogens (tertiary/aromatic N) is 3. The Morgan fingerprint density at radius 3 is 3.00 bits per heavy atom. The summed E-state index contributed by atoms with van der Waals surface area (Å²) >= 11 is 0. The predicted molar refractivity (Wildman–Crippen MR) is 75.5 cm³/mol. The molecular weight excluding hydrogens is 287 g/mol. The molecule has 1 aromatic carbocycles. The van der Waals surface area contributed by atoms with E-state index in [0.717, 1.165) is 13.0 Å². The molecule has 2 aromatic heterocycles. The Morgan fingerprint density at radius 2 is 2.18 bits per heavy atom. The van der Waals surface area contributed by atoms with Gasteiger partial charge in [-0.05, 0) is 24.6 Å². The fraction of sp³-hybridized carbons (Fsp3) is 0.267. The Kier molecular flexibility index (Phi) is 3.19. The Labute approximate surface area is 125 Å². The molecule has 1 aliphatic rings. The number of aromatic nitrogens is 4. The second-order valence-electron chi connectivity index (χ2n) is 5.16. The Balaban J connectivity index is 1.63. The lowest BCUT2D eigenvalue weighted by Gasteiger charge is -1.97. The normalized spacial score (nSPS) is 18.0. The molecule has 3 aromatic rings. The molecule has 0 aliphatic carbocycles. The number of hydrogen-bond donors (Lipinski definition) is 1. The van der Waals surface area contributed by atoms with Crippen LogP contribution in [0.1, 0.15) is 18.2 Å². The quantitative estimate of drug-likeness (QED) is 0.805. The Bertz CT molecular complexity index is 792. The topological polar surface area (TPSA) is 76.8 Å². The molecule has 1 N–H and O–H groups in total. The third-order valence-electron chi connectivity index (χ3n) is 3.69. The van der Waals surface area contributed by atoms with E-state index in [4.69, 9.17) is 9.26 Å². The fourth-order valence-electron chi connectivity index (χ4n) is 2.49. The summed E-state index contributed by atoms with van der Waals surface area (Å²) < 4.78 is 24.4. The summed E-state index contributed by atoms with van der Waals surface area (Å²) in [5.74, 6) is 0.827. The maximum atomic E-state index is 13.8. The van der Waals surface area contributed by atoms with Crippen molar-refractivity contribution >= 4 is 0 Å². The van der Waals surface area contributed by atoms with Crippen molar-refractivity contribution < 1.29 is 13.7 Å². The number of aromatic amines is 1. The van der Waals surface area contributed by atoms with Crippen molar-refractivity contribution in [3.63, 3.8) is 0 Å². The first-order valence-corrected chi connectivity index (χ1v) is 7.03. The molecule has 0 bridgehead atoms. The maximum absolute atomic E-state index is 13.8. The van der Waals surface area contributed by atoms with Crippen LogP contribution in [0.2, 0.25) is 0 Å². The first kappa shape index (κ1) is 13.1. The van der Waals surface area contributed by atoms with E-state index in [2.05, 4.69) is 20.3 Å². The van der Waals surface area contributed by atoms with Gasteiger partial charge < -0.3 is 9.26 Å². The van der Waals surface area contributed by atoms with Crippen molar-refractivity contribution in [3.8, 4) is 22.8 Å². The number of benzene rings is 1. The average molecular weight is 300 g/mol. The number of hydrogen-bond acceptors (Lipinski definition) is 5. The van der Waals surface area contributed by atoms with Gasteiger partial charge in [0.1, 0.15) is 11.5 Å². The van der Waals surface area contributed by atoms with Gasteiger partial charge in [-0.25, -0.2) is 4.39 Å². The van der Waals surface area contributed by atoms with Gasteiger partial charge in [0.25, 0.3) is 5.89 Å². The summed E-state index contributed by atoms with van der Waals surface area (Å²) in [6, 6.07) is 8.16. The largest absolute Gasteiger partial charge is 0.381 e.